The number of aliphatic carboxylic acids is 1. The van der Waals surface area contributed by atoms with Crippen LogP contribution < -0.4 is 5.32 Å². The summed E-state index contributed by atoms with van der Waals surface area (Å²) in [5.74, 6) is -1.94. The van der Waals surface area contributed by atoms with E-state index in [2.05, 4.69) is 5.32 Å². The number of rotatable bonds is 6. The molecule has 0 aromatic heterocycles. The molecule has 1 fully saturated rings. The van der Waals surface area contributed by atoms with Crippen molar-refractivity contribution in [2.45, 2.75) is 28.9 Å². The van der Waals surface area contributed by atoms with Gasteiger partial charge in [-0.1, -0.05) is 42.1 Å². The molecule has 1 saturated heterocycles. The van der Waals surface area contributed by atoms with Gasteiger partial charge in [-0.25, -0.2) is 4.79 Å². The Morgan fingerprint density at radius 3 is 2.39 bits per heavy atom. The fraction of sp³-hybridized carbons (Fsp3) is 0.227. The van der Waals surface area contributed by atoms with Crippen LogP contribution in [-0.2, 0) is 27.0 Å². The summed E-state index contributed by atoms with van der Waals surface area (Å²) < 4.78 is 38.3. The monoisotopic (exact) mass is 494 g/mol. The third-order valence-electron chi connectivity index (χ3n) is 5.08. The van der Waals surface area contributed by atoms with E-state index in [1.54, 1.807) is 24.3 Å². The van der Waals surface area contributed by atoms with Gasteiger partial charge in [0.05, 0.1) is 12.0 Å². The summed E-state index contributed by atoms with van der Waals surface area (Å²) in [5.41, 5.74) is -0.220. The van der Waals surface area contributed by atoms with Crippen molar-refractivity contribution in [2.75, 3.05) is 5.75 Å². The Labute approximate surface area is 195 Å². The van der Waals surface area contributed by atoms with Crippen molar-refractivity contribution < 1.29 is 32.7 Å². The first kappa shape index (κ1) is 23.2. The molecule has 2 aliphatic heterocycles. The van der Waals surface area contributed by atoms with Gasteiger partial charge in [0.1, 0.15) is 17.1 Å². The van der Waals surface area contributed by atoms with E-state index in [0.29, 0.717) is 9.80 Å². The molecule has 11 heteroatoms. The molecule has 0 aliphatic carbocycles. The number of carbonyl (C=O) groups is 3. The molecule has 2 aliphatic rings. The number of hydrogen-bond acceptors (Lipinski definition) is 5. The van der Waals surface area contributed by atoms with E-state index in [1.165, 1.54) is 23.9 Å². The van der Waals surface area contributed by atoms with Crippen molar-refractivity contribution in [3.63, 3.8) is 0 Å². The number of β-lactam (4-membered cyclic amide) rings is 1. The topological polar surface area (TPSA) is 86.7 Å². The van der Waals surface area contributed by atoms with Gasteiger partial charge in [-0.2, -0.15) is 13.2 Å². The molecule has 2 heterocycles. The van der Waals surface area contributed by atoms with Gasteiger partial charge in [0.2, 0.25) is 5.91 Å². The summed E-state index contributed by atoms with van der Waals surface area (Å²) in [4.78, 5) is 38.9. The molecule has 4 rings (SSSR count). The van der Waals surface area contributed by atoms with Gasteiger partial charge in [0.15, 0.2) is 0 Å². The number of carbonyl (C=O) groups excluding carboxylic acids is 2. The number of benzene rings is 2. The van der Waals surface area contributed by atoms with Crippen molar-refractivity contribution in [1.82, 2.24) is 10.2 Å². The third kappa shape index (κ3) is 4.88. The number of nitrogens with one attached hydrogen (secondary N) is 1. The zero-order valence-electron chi connectivity index (χ0n) is 16.8. The molecular formula is C22H17F3N2O4S2. The lowest BCUT2D eigenvalue weighted by Gasteiger charge is -2.49. The number of halogens is 3. The summed E-state index contributed by atoms with van der Waals surface area (Å²) in [5, 5.41) is 11.9. The highest BCUT2D eigenvalue weighted by molar-refractivity contribution is 8.06. The molecule has 0 spiro atoms. The lowest BCUT2D eigenvalue weighted by Crippen LogP contribution is -2.70. The van der Waals surface area contributed by atoms with Crippen LogP contribution in [0.25, 0.3) is 0 Å². The molecule has 2 aromatic rings. The fourth-order valence-corrected chi connectivity index (χ4v) is 6.00. The predicted molar refractivity (Wildman–Crippen MR) is 117 cm³/mol. The van der Waals surface area contributed by atoms with E-state index >= 15 is 0 Å². The van der Waals surface area contributed by atoms with Crippen LogP contribution in [0.3, 0.4) is 0 Å². The van der Waals surface area contributed by atoms with Gasteiger partial charge in [-0.05, 0) is 29.8 Å². The molecule has 0 unspecified atom stereocenters. The molecule has 2 amide bonds. The number of carboxylic acid groups (broad SMARTS) is 1. The standard InChI is InChI=1S/C22H17F3N2O4S2/c23-22(24,25)13-6-8-14(9-7-13)33-15-11-32-20-17(19(29)27(20)18(15)21(30)31)26-16(28)10-12-4-2-1-3-5-12/h1-9,17,20H,10-11H2,(H,26,28)(H,30,31)/t17-,20-/m1/s1. The Morgan fingerprint density at radius 1 is 1.12 bits per heavy atom. The summed E-state index contributed by atoms with van der Waals surface area (Å²) in [7, 11) is 0. The first-order chi connectivity index (χ1) is 15.6. The van der Waals surface area contributed by atoms with Gasteiger partial charge in [-0.3, -0.25) is 14.5 Å². The smallest absolute Gasteiger partial charge is 0.416 e. The maximum absolute atomic E-state index is 12.8. The zero-order valence-corrected chi connectivity index (χ0v) is 18.5. The van der Waals surface area contributed by atoms with Crippen LogP contribution in [0.1, 0.15) is 11.1 Å². The quantitative estimate of drug-likeness (QED) is 0.596. The minimum Gasteiger partial charge on any atom is -0.477 e. The molecule has 2 aromatic carbocycles. The van der Waals surface area contributed by atoms with Crippen molar-refractivity contribution in [2.24, 2.45) is 0 Å². The molecular weight excluding hydrogens is 477 g/mol. The second-order valence-corrected chi connectivity index (χ2v) is 9.59. The van der Waals surface area contributed by atoms with Crippen molar-refractivity contribution in [3.05, 3.63) is 76.3 Å². The SMILES string of the molecule is O=C(Cc1ccccc1)N[C@@H]1C(=O)N2C(C(=O)O)=C(Sc3ccc(C(F)(F)F)cc3)CS[C@H]12. The van der Waals surface area contributed by atoms with E-state index < -0.39 is 35.0 Å². The van der Waals surface area contributed by atoms with E-state index in [-0.39, 0.29) is 23.8 Å². The van der Waals surface area contributed by atoms with Crippen LogP contribution in [0.2, 0.25) is 0 Å². The molecule has 2 N–H and O–H groups in total. The molecule has 2 atom stereocenters. The van der Waals surface area contributed by atoms with Gasteiger partial charge >= 0.3 is 12.1 Å². The van der Waals surface area contributed by atoms with Gasteiger partial charge in [0.25, 0.3) is 5.91 Å². The van der Waals surface area contributed by atoms with E-state index in [1.807, 2.05) is 6.07 Å². The fourth-order valence-electron chi connectivity index (χ4n) is 3.53. The summed E-state index contributed by atoms with van der Waals surface area (Å²) in [6.45, 7) is 0. The summed E-state index contributed by atoms with van der Waals surface area (Å²) in [6.07, 6.45) is -4.37. The molecule has 0 bridgehead atoms. The first-order valence-electron chi connectivity index (χ1n) is 9.74. The minimum absolute atomic E-state index is 0.0959. The number of amides is 2. The molecule has 0 saturated carbocycles. The number of alkyl halides is 3. The summed E-state index contributed by atoms with van der Waals surface area (Å²) in [6, 6.07) is 12.6. The number of hydrogen-bond donors (Lipinski definition) is 2. The Bertz CT molecular complexity index is 1120. The molecule has 0 radical (unpaired) electrons. The number of carboxylic acids is 1. The maximum atomic E-state index is 12.8. The lowest BCUT2D eigenvalue weighted by molar-refractivity contribution is -0.150. The highest BCUT2D eigenvalue weighted by Crippen LogP contribution is 2.45. The van der Waals surface area contributed by atoms with Crippen molar-refractivity contribution >= 4 is 41.3 Å². The van der Waals surface area contributed by atoms with Gasteiger partial charge < -0.3 is 10.4 Å². The largest absolute Gasteiger partial charge is 0.477 e. The maximum Gasteiger partial charge on any atom is 0.416 e. The van der Waals surface area contributed by atoms with E-state index in [4.69, 9.17) is 0 Å². The second kappa shape index (κ2) is 9.14. The summed E-state index contributed by atoms with van der Waals surface area (Å²) >= 11 is 2.31. The first-order valence-corrected chi connectivity index (χ1v) is 11.6. The number of thioether (sulfide) groups is 2. The van der Waals surface area contributed by atoms with Gasteiger partial charge in [-0.15, -0.1) is 11.8 Å². The third-order valence-corrected chi connectivity index (χ3v) is 7.64. The van der Waals surface area contributed by atoms with Crippen LogP contribution in [-0.4, -0.2) is 45.0 Å². The van der Waals surface area contributed by atoms with Crippen LogP contribution in [0.5, 0.6) is 0 Å². The molecule has 172 valence electrons. The zero-order chi connectivity index (χ0) is 23.8. The Kier molecular flexibility index (Phi) is 6.44. The van der Waals surface area contributed by atoms with Crippen molar-refractivity contribution in [3.8, 4) is 0 Å². The lowest BCUT2D eigenvalue weighted by atomic mass is 10.0. The minimum atomic E-state index is -4.47. The predicted octanol–water partition coefficient (Wildman–Crippen LogP) is 3.74. The average Bonchev–Trinajstić information content (AvgIpc) is 2.77. The normalized spacial score (nSPS) is 20.2. The van der Waals surface area contributed by atoms with Gasteiger partial charge in [0, 0.05) is 15.6 Å². The van der Waals surface area contributed by atoms with Crippen molar-refractivity contribution in [1.29, 1.82) is 0 Å². The van der Waals surface area contributed by atoms with Crippen LogP contribution in [0.15, 0.2) is 70.1 Å². The van der Waals surface area contributed by atoms with Crippen LogP contribution >= 0.6 is 23.5 Å². The number of fused-ring (bicyclic) bond motifs is 1. The van der Waals surface area contributed by atoms with E-state index in [0.717, 1.165) is 34.4 Å². The molecule has 6 nitrogen and oxygen atoms in total. The van der Waals surface area contributed by atoms with Crippen LogP contribution in [0, 0.1) is 0 Å². The van der Waals surface area contributed by atoms with Crippen LogP contribution in [0.4, 0.5) is 13.2 Å². The Hall–Kier alpha value is -2.92. The highest BCUT2D eigenvalue weighted by atomic mass is 32.2. The highest BCUT2D eigenvalue weighted by Gasteiger charge is 2.54. The number of nitrogens with zero attached hydrogens (tertiary/aromatic N) is 1. The molecule has 33 heavy (non-hydrogen) atoms. The average molecular weight is 495 g/mol. The Balaban J connectivity index is 1.47. The second-order valence-electron chi connectivity index (χ2n) is 7.32. The van der Waals surface area contributed by atoms with E-state index in [9.17, 15) is 32.7 Å². The Morgan fingerprint density at radius 2 is 1.79 bits per heavy atom.